The highest BCUT2D eigenvalue weighted by molar-refractivity contribution is 6.08. The Hall–Kier alpha value is -1.70. The fraction of sp³-hybridized carbons (Fsp3) is 0.286. The van der Waals surface area contributed by atoms with Crippen LogP contribution >= 0.6 is 0 Å². The first-order valence-corrected chi connectivity index (χ1v) is 5.60. The van der Waals surface area contributed by atoms with Gasteiger partial charge >= 0.3 is 0 Å². The number of aliphatic imine (C=N–C) groups is 1. The minimum atomic E-state index is 0.812. The maximum atomic E-state index is 4.05. The largest absolute Gasteiger partial charge is 0.265 e. The van der Waals surface area contributed by atoms with Gasteiger partial charge in [-0.15, -0.1) is 0 Å². The molecule has 2 heteroatoms. The second-order valence-corrected chi connectivity index (χ2v) is 2.14. The van der Waals surface area contributed by atoms with E-state index in [-0.39, 0.29) is 0 Å². The van der Waals surface area contributed by atoms with Crippen molar-refractivity contribution in [2.24, 2.45) is 4.99 Å². The molecule has 0 saturated carbocycles. The van der Waals surface area contributed by atoms with Crippen LogP contribution in [0, 0.1) is 0 Å². The van der Waals surface area contributed by atoms with Crippen LogP contribution in [-0.4, -0.2) is 10.7 Å². The van der Waals surface area contributed by atoms with Gasteiger partial charge in [0.05, 0.1) is 5.71 Å². The van der Waals surface area contributed by atoms with Crippen LogP contribution in [0.2, 0.25) is 0 Å². The summed E-state index contributed by atoms with van der Waals surface area (Å²) >= 11 is 0. The molecule has 0 bridgehead atoms. The van der Waals surface area contributed by atoms with Gasteiger partial charge < -0.3 is 0 Å². The van der Waals surface area contributed by atoms with Crippen molar-refractivity contribution in [1.82, 2.24) is 4.98 Å². The van der Waals surface area contributed by atoms with E-state index in [4.69, 9.17) is 0 Å². The van der Waals surface area contributed by atoms with Gasteiger partial charge in [0.2, 0.25) is 0 Å². The molecular weight excluding hydrogens is 196 g/mol. The summed E-state index contributed by atoms with van der Waals surface area (Å²) in [6.07, 6.45) is 6.63. The molecule has 0 N–H and O–H groups in total. The van der Waals surface area contributed by atoms with Crippen LogP contribution in [0.15, 0.2) is 55.0 Å². The second kappa shape index (κ2) is 13.3. The normalized spacial score (nSPS) is 8.88. The Bertz CT molecular complexity index is 300. The van der Waals surface area contributed by atoms with E-state index in [0.29, 0.717) is 0 Å². The molecule has 0 aliphatic rings. The van der Waals surface area contributed by atoms with Crippen molar-refractivity contribution in [2.75, 3.05) is 0 Å². The fourth-order valence-electron chi connectivity index (χ4n) is 0.866. The first-order valence-electron chi connectivity index (χ1n) is 5.60. The molecule has 16 heavy (non-hydrogen) atoms. The average Bonchev–Trinajstić information content (AvgIpc) is 2.41. The maximum Gasteiger partial charge on any atom is 0.0696 e. The molecule has 1 aromatic heterocycles. The number of rotatable bonds is 3. The smallest absolute Gasteiger partial charge is 0.0696 e. The Morgan fingerprint density at radius 1 is 1.12 bits per heavy atom. The Morgan fingerprint density at radius 3 is 2.00 bits per heavy atom. The van der Waals surface area contributed by atoms with Gasteiger partial charge in [-0.05, 0) is 18.2 Å². The van der Waals surface area contributed by atoms with E-state index in [1.165, 1.54) is 6.20 Å². The third-order valence-electron chi connectivity index (χ3n) is 1.40. The van der Waals surface area contributed by atoms with Crippen LogP contribution in [0.1, 0.15) is 33.3 Å². The van der Waals surface area contributed by atoms with Crippen LogP contribution in [0.3, 0.4) is 0 Å². The van der Waals surface area contributed by atoms with Crippen molar-refractivity contribution >= 4 is 5.71 Å². The number of nitrogens with zero attached hydrogens (tertiary/aromatic N) is 2. The standard InChI is InChI=1S/C10H10N2.2C2H6/c1-3-10(12-4-2)9-5-7-11-8-6-9;2*1-2/h3-8H,1-2H2;2*1-2H3. The van der Waals surface area contributed by atoms with Crippen molar-refractivity contribution in [3.05, 3.63) is 55.5 Å². The SMILES string of the molecule is C=CN=C(C=C)c1ccncc1.CC.CC. The van der Waals surface area contributed by atoms with Crippen LogP contribution in [0.25, 0.3) is 0 Å². The molecular formula is C14H22N2. The van der Waals surface area contributed by atoms with Gasteiger partial charge in [-0.1, -0.05) is 40.9 Å². The summed E-state index contributed by atoms with van der Waals surface area (Å²) in [7, 11) is 0. The Labute approximate surface area is 99.5 Å². The third-order valence-corrected chi connectivity index (χ3v) is 1.40. The summed E-state index contributed by atoms with van der Waals surface area (Å²) in [5, 5.41) is 0. The zero-order valence-electron chi connectivity index (χ0n) is 10.8. The van der Waals surface area contributed by atoms with Gasteiger partial charge in [0.25, 0.3) is 0 Å². The number of aromatic nitrogens is 1. The van der Waals surface area contributed by atoms with Crippen LogP contribution in [0.4, 0.5) is 0 Å². The van der Waals surface area contributed by atoms with Gasteiger partial charge in [0.1, 0.15) is 0 Å². The number of hydrogen-bond donors (Lipinski definition) is 0. The van der Waals surface area contributed by atoms with E-state index < -0.39 is 0 Å². The van der Waals surface area contributed by atoms with E-state index in [0.717, 1.165) is 11.3 Å². The van der Waals surface area contributed by atoms with Crippen LogP contribution < -0.4 is 0 Å². The molecule has 0 atom stereocenters. The molecule has 2 nitrogen and oxygen atoms in total. The van der Waals surface area contributed by atoms with Gasteiger partial charge in [0, 0.05) is 24.2 Å². The van der Waals surface area contributed by atoms with Gasteiger partial charge in [-0.3, -0.25) is 9.98 Å². The predicted molar refractivity (Wildman–Crippen MR) is 73.9 cm³/mol. The number of hydrogen-bond acceptors (Lipinski definition) is 2. The summed E-state index contributed by atoms with van der Waals surface area (Å²) in [4.78, 5) is 7.95. The quantitative estimate of drug-likeness (QED) is 0.696. The average molecular weight is 218 g/mol. The summed E-state index contributed by atoms with van der Waals surface area (Å²) < 4.78 is 0. The molecule has 0 aliphatic carbocycles. The maximum absolute atomic E-state index is 4.05. The Morgan fingerprint density at radius 2 is 1.62 bits per heavy atom. The third kappa shape index (κ3) is 6.71. The van der Waals surface area contributed by atoms with Crippen molar-refractivity contribution < 1.29 is 0 Å². The first kappa shape index (κ1) is 16.7. The molecule has 0 spiro atoms. The minimum Gasteiger partial charge on any atom is -0.265 e. The van der Waals surface area contributed by atoms with Crippen molar-refractivity contribution in [3.8, 4) is 0 Å². The molecule has 0 aliphatic heterocycles. The lowest BCUT2D eigenvalue weighted by molar-refractivity contribution is 1.32. The molecule has 1 rings (SSSR count). The highest BCUT2D eigenvalue weighted by atomic mass is 14.7. The molecule has 0 fully saturated rings. The minimum absolute atomic E-state index is 0.812. The number of pyridine rings is 1. The zero-order chi connectivity index (χ0) is 12.8. The topological polar surface area (TPSA) is 25.2 Å². The number of allylic oxidation sites excluding steroid dienone is 1. The van der Waals surface area contributed by atoms with E-state index in [9.17, 15) is 0 Å². The molecule has 0 aromatic carbocycles. The molecule has 0 radical (unpaired) electrons. The summed E-state index contributed by atoms with van der Waals surface area (Å²) in [6.45, 7) is 15.2. The monoisotopic (exact) mass is 218 g/mol. The fourth-order valence-corrected chi connectivity index (χ4v) is 0.866. The molecule has 1 aromatic rings. The molecule has 88 valence electrons. The summed E-state index contributed by atoms with van der Waals surface area (Å²) in [5.41, 5.74) is 1.81. The predicted octanol–water partition coefficient (Wildman–Crippen LogP) is 4.25. The second-order valence-electron chi connectivity index (χ2n) is 2.14. The summed E-state index contributed by atoms with van der Waals surface area (Å²) in [6, 6.07) is 3.76. The lowest BCUT2D eigenvalue weighted by Crippen LogP contribution is -1.94. The van der Waals surface area contributed by atoms with Gasteiger partial charge in [-0.25, -0.2) is 0 Å². The highest BCUT2D eigenvalue weighted by Crippen LogP contribution is 2.00. The molecule has 0 amide bonds. The van der Waals surface area contributed by atoms with E-state index >= 15 is 0 Å². The Balaban J connectivity index is 0. The molecule has 0 unspecified atom stereocenters. The van der Waals surface area contributed by atoms with Crippen LogP contribution in [-0.2, 0) is 0 Å². The van der Waals surface area contributed by atoms with Gasteiger partial charge in [0.15, 0.2) is 0 Å². The van der Waals surface area contributed by atoms with Crippen molar-refractivity contribution in [3.63, 3.8) is 0 Å². The molecule has 0 saturated heterocycles. The van der Waals surface area contributed by atoms with Crippen molar-refractivity contribution in [1.29, 1.82) is 0 Å². The highest BCUT2D eigenvalue weighted by Gasteiger charge is 1.94. The molecule has 1 heterocycles. The van der Waals surface area contributed by atoms with Gasteiger partial charge in [-0.2, -0.15) is 0 Å². The zero-order valence-corrected chi connectivity index (χ0v) is 10.8. The first-order chi connectivity index (χ1) is 7.88. The van der Waals surface area contributed by atoms with E-state index in [1.54, 1.807) is 18.5 Å². The lowest BCUT2D eigenvalue weighted by atomic mass is 10.1. The van der Waals surface area contributed by atoms with Crippen molar-refractivity contribution in [2.45, 2.75) is 27.7 Å². The van der Waals surface area contributed by atoms with E-state index in [1.807, 2.05) is 39.8 Å². The van der Waals surface area contributed by atoms with E-state index in [2.05, 4.69) is 23.1 Å². The Kier molecular flexibility index (Phi) is 13.9. The van der Waals surface area contributed by atoms with Crippen LogP contribution in [0.5, 0.6) is 0 Å². The lowest BCUT2D eigenvalue weighted by Gasteiger charge is -1.97. The summed E-state index contributed by atoms with van der Waals surface area (Å²) in [5.74, 6) is 0.